The Morgan fingerprint density at radius 1 is 1.50 bits per heavy atom. The number of carbonyl (C=O) groups is 1. The minimum atomic E-state index is -4.81. The molecular weight excluding hydrogens is 223 g/mol. The highest BCUT2D eigenvalue weighted by Gasteiger charge is 2.52. The van der Waals surface area contributed by atoms with Crippen molar-refractivity contribution in [3.8, 4) is 0 Å². The Labute approximate surface area is 92.3 Å². The molecule has 1 aliphatic carbocycles. The van der Waals surface area contributed by atoms with Gasteiger partial charge in [-0.2, -0.15) is 13.2 Å². The average Bonchev–Trinajstić information content (AvgIpc) is 2.14. The fourth-order valence-electron chi connectivity index (χ4n) is 1.85. The number of halogens is 3. The Hall–Kier alpha value is -0.780. The SMILES string of the molecule is CCOC1CC(NC(=O)C(F)(F)F)C1(C)C. The van der Waals surface area contributed by atoms with E-state index in [1.54, 1.807) is 13.8 Å². The number of nitrogens with one attached hydrogen (secondary N) is 1. The van der Waals surface area contributed by atoms with Gasteiger partial charge in [0, 0.05) is 18.1 Å². The van der Waals surface area contributed by atoms with Crippen molar-refractivity contribution in [3.63, 3.8) is 0 Å². The summed E-state index contributed by atoms with van der Waals surface area (Å²) in [6.07, 6.45) is -4.47. The smallest absolute Gasteiger partial charge is 0.378 e. The third-order valence-electron chi connectivity index (χ3n) is 3.11. The van der Waals surface area contributed by atoms with E-state index in [4.69, 9.17) is 4.74 Å². The number of amides is 1. The molecule has 16 heavy (non-hydrogen) atoms. The Morgan fingerprint density at radius 2 is 2.06 bits per heavy atom. The zero-order chi connectivity index (χ0) is 12.6. The second-order valence-corrected chi connectivity index (χ2v) is 4.52. The molecule has 0 spiro atoms. The number of hydrogen-bond acceptors (Lipinski definition) is 2. The molecule has 0 aromatic rings. The van der Waals surface area contributed by atoms with Gasteiger partial charge in [-0.3, -0.25) is 4.79 Å². The van der Waals surface area contributed by atoms with Crippen LogP contribution < -0.4 is 5.32 Å². The van der Waals surface area contributed by atoms with Crippen LogP contribution >= 0.6 is 0 Å². The van der Waals surface area contributed by atoms with E-state index < -0.39 is 23.5 Å². The summed E-state index contributed by atoms with van der Waals surface area (Å²) >= 11 is 0. The summed E-state index contributed by atoms with van der Waals surface area (Å²) in [6, 6.07) is -0.474. The Balaban J connectivity index is 2.51. The van der Waals surface area contributed by atoms with E-state index in [1.807, 2.05) is 12.2 Å². The molecule has 1 N–H and O–H groups in total. The van der Waals surface area contributed by atoms with Crippen molar-refractivity contribution < 1.29 is 22.7 Å². The summed E-state index contributed by atoms with van der Waals surface area (Å²) < 4.78 is 41.4. The van der Waals surface area contributed by atoms with Crippen LogP contribution in [0.5, 0.6) is 0 Å². The highest BCUT2D eigenvalue weighted by molar-refractivity contribution is 5.82. The fourth-order valence-corrected chi connectivity index (χ4v) is 1.85. The molecule has 6 heteroatoms. The van der Waals surface area contributed by atoms with Crippen molar-refractivity contribution in [1.82, 2.24) is 5.32 Å². The average molecular weight is 239 g/mol. The van der Waals surface area contributed by atoms with Crippen LogP contribution in [0.1, 0.15) is 27.2 Å². The molecule has 1 fully saturated rings. The number of alkyl halides is 3. The lowest BCUT2D eigenvalue weighted by Gasteiger charge is -2.51. The quantitative estimate of drug-likeness (QED) is 0.816. The first-order chi connectivity index (χ1) is 7.19. The van der Waals surface area contributed by atoms with Crippen LogP contribution in [0.15, 0.2) is 0 Å². The topological polar surface area (TPSA) is 38.3 Å². The third kappa shape index (κ3) is 2.48. The number of rotatable bonds is 3. The summed E-state index contributed by atoms with van der Waals surface area (Å²) in [7, 11) is 0. The number of ether oxygens (including phenoxy) is 1. The maximum Gasteiger partial charge on any atom is 0.471 e. The minimum Gasteiger partial charge on any atom is -0.378 e. The number of hydrogen-bond donors (Lipinski definition) is 1. The molecule has 3 nitrogen and oxygen atoms in total. The van der Waals surface area contributed by atoms with E-state index in [1.165, 1.54) is 0 Å². The standard InChI is InChI=1S/C10H16F3NO2/c1-4-16-7-5-6(9(7,2)3)14-8(15)10(11,12)13/h6-7H,4-5H2,1-3H3,(H,14,15). The van der Waals surface area contributed by atoms with Crippen LogP contribution in [0.2, 0.25) is 0 Å². The molecule has 1 aliphatic rings. The van der Waals surface area contributed by atoms with E-state index >= 15 is 0 Å². The van der Waals surface area contributed by atoms with Gasteiger partial charge in [-0.15, -0.1) is 0 Å². The summed E-state index contributed by atoms with van der Waals surface area (Å²) in [6.45, 7) is 5.93. The molecule has 0 heterocycles. The second-order valence-electron chi connectivity index (χ2n) is 4.52. The van der Waals surface area contributed by atoms with Crippen molar-refractivity contribution >= 4 is 5.91 Å². The fraction of sp³-hybridized carbons (Fsp3) is 0.900. The highest BCUT2D eigenvalue weighted by Crippen LogP contribution is 2.43. The van der Waals surface area contributed by atoms with Crippen molar-refractivity contribution in [2.45, 2.75) is 45.5 Å². The van der Waals surface area contributed by atoms with Crippen molar-refractivity contribution in [2.24, 2.45) is 5.41 Å². The van der Waals surface area contributed by atoms with Crippen LogP contribution in [0.25, 0.3) is 0 Å². The van der Waals surface area contributed by atoms with E-state index in [-0.39, 0.29) is 6.10 Å². The van der Waals surface area contributed by atoms with Gasteiger partial charge in [0.25, 0.3) is 0 Å². The van der Waals surface area contributed by atoms with Gasteiger partial charge in [0.15, 0.2) is 0 Å². The first-order valence-electron chi connectivity index (χ1n) is 5.19. The lowest BCUT2D eigenvalue weighted by molar-refractivity contribution is -0.181. The van der Waals surface area contributed by atoms with Crippen LogP contribution in [0, 0.1) is 5.41 Å². The van der Waals surface area contributed by atoms with Gasteiger partial charge >= 0.3 is 12.1 Å². The Kier molecular flexibility index (Phi) is 3.52. The molecule has 0 aliphatic heterocycles. The zero-order valence-electron chi connectivity index (χ0n) is 9.52. The van der Waals surface area contributed by atoms with Crippen LogP contribution in [0.3, 0.4) is 0 Å². The molecule has 1 amide bonds. The largest absolute Gasteiger partial charge is 0.471 e. The van der Waals surface area contributed by atoms with E-state index in [9.17, 15) is 18.0 Å². The maximum atomic E-state index is 12.0. The summed E-state index contributed by atoms with van der Waals surface area (Å²) in [5.74, 6) is -1.87. The predicted molar refractivity (Wildman–Crippen MR) is 51.8 cm³/mol. The summed E-state index contributed by atoms with van der Waals surface area (Å²) in [5, 5.41) is 1.99. The van der Waals surface area contributed by atoms with Crippen molar-refractivity contribution in [1.29, 1.82) is 0 Å². The molecule has 94 valence electrons. The third-order valence-corrected chi connectivity index (χ3v) is 3.11. The van der Waals surface area contributed by atoms with Gasteiger partial charge in [-0.25, -0.2) is 0 Å². The van der Waals surface area contributed by atoms with Crippen LogP contribution in [0.4, 0.5) is 13.2 Å². The molecular formula is C10H16F3NO2. The molecule has 1 rings (SSSR count). The molecule has 0 bridgehead atoms. The van der Waals surface area contributed by atoms with E-state index in [0.29, 0.717) is 13.0 Å². The molecule has 0 aromatic heterocycles. The van der Waals surface area contributed by atoms with E-state index in [2.05, 4.69) is 0 Å². The van der Waals surface area contributed by atoms with Gasteiger partial charge in [0.1, 0.15) is 0 Å². The van der Waals surface area contributed by atoms with Crippen LogP contribution in [-0.2, 0) is 9.53 Å². The second kappa shape index (κ2) is 4.24. The predicted octanol–water partition coefficient (Wildman–Crippen LogP) is 1.87. The van der Waals surface area contributed by atoms with E-state index in [0.717, 1.165) is 0 Å². The Bertz CT molecular complexity index is 276. The highest BCUT2D eigenvalue weighted by atomic mass is 19.4. The van der Waals surface area contributed by atoms with Crippen molar-refractivity contribution in [2.75, 3.05) is 6.61 Å². The molecule has 0 radical (unpaired) electrons. The monoisotopic (exact) mass is 239 g/mol. The van der Waals surface area contributed by atoms with Gasteiger partial charge in [0.2, 0.25) is 0 Å². The van der Waals surface area contributed by atoms with Gasteiger partial charge in [-0.1, -0.05) is 13.8 Å². The van der Waals surface area contributed by atoms with Gasteiger partial charge < -0.3 is 10.1 Å². The Morgan fingerprint density at radius 3 is 2.44 bits per heavy atom. The lowest BCUT2D eigenvalue weighted by Crippen LogP contribution is -2.63. The lowest BCUT2D eigenvalue weighted by atomic mass is 9.64. The van der Waals surface area contributed by atoms with Crippen molar-refractivity contribution in [3.05, 3.63) is 0 Å². The normalized spacial score (nSPS) is 28.4. The van der Waals surface area contributed by atoms with Crippen LogP contribution in [-0.4, -0.2) is 30.8 Å². The summed E-state index contributed by atoms with van der Waals surface area (Å²) in [5.41, 5.74) is -0.447. The molecule has 2 atom stereocenters. The molecule has 1 saturated carbocycles. The first kappa shape index (κ1) is 13.3. The summed E-state index contributed by atoms with van der Waals surface area (Å²) in [4.78, 5) is 10.7. The maximum absolute atomic E-state index is 12.0. The van der Waals surface area contributed by atoms with Gasteiger partial charge in [0.05, 0.1) is 6.10 Å². The van der Waals surface area contributed by atoms with Gasteiger partial charge in [-0.05, 0) is 13.3 Å². The minimum absolute atomic E-state index is 0.0870. The first-order valence-corrected chi connectivity index (χ1v) is 5.19. The molecule has 0 aromatic carbocycles. The molecule has 0 saturated heterocycles. The zero-order valence-corrected chi connectivity index (χ0v) is 9.52. The molecule has 2 unspecified atom stereocenters. The number of carbonyl (C=O) groups excluding carboxylic acids is 1.